The van der Waals surface area contributed by atoms with E-state index in [4.69, 9.17) is 28.9 Å². The fourth-order valence-corrected chi connectivity index (χ4v) is 4.48. The number of halogens is 3. The zero-order valence-electron chi connectivity index (χ0n) is 14.9. The van der Waals surface area contributed by atoms with E-state index >= 15 is 0 Å². The third kappa shape index (κ3) is 4.11. The van der Waals surface area contributed by atoms with E-state index in [1.165, 1.54) is 0 Å². The molecule has 1 amide bonds. The van der Waals surface area contributed by atoms with Crippen molar-refractivity contribution >= 4 is 41.5 Å². The number of hydrogen-bond donors (Lipinski definition) is 2. The third-order valence-corrected chi connectivity index (χ3v) is 5.93. The van der Waals surface area contributed by atoms with Gasteiger partial charge < -0.3 is 11.1 Å². The molecule has 27 heavy (non-hydrogen) atoms. The molecule has 1 fully saturated rings. The monoisotopic (exact) mass is 428 g/mol. The van der Waals surface area contributed by atoms with Crippen molar-refractivity contribution in [2.45, 2.75) is 57.0 Å². The molecular formula is C19H23Cl3N4O. The standard InChI is InChI=1S/C19H22Cl2N4O.ClH/c20-11-4-9-17(15(21)10-11)25-16-3-1-2-14(16)18(24-25)19(26)23-13-7-5-12(22)6-8-13;/h4,9-10,12-13H,1-3,5-8,22H2,(H,23,26);1H. The number of amides is 1. The van der Waals surface area contributed by atoms with E-state index in [-0.39, 0.29) is 30.4 Å². The molecule has 0 radical (unpaired) electrons. The molecule has 1 saturated carbocycles. The van der Waals surface area contributed by atoms with Gasteiger partial charge in [0, 0.05) is 28.4 Å². The van der Waals surface area contributed by atoms with Crippen LogP contribution in [0.4, 0.5) is 0 Å². The van der Waals surface area contributed by atoms with Gasteiger partial charge in [0.15, 0.2) is 5.69 Å². The van der Waals surface area contributed by atoms with Crippen LogP contribution in [0.25, 0.3) is 5.69 Å². The predicted molar refractivity (Wildman–Crippen MR) is 111 cm³/mol. The number of rotatable bonds is 3. The number of carbonyl (C=O) groups is 1. The van der Waals surface area contributed by atoms with Crippen molar-refractivity contribution in [3.63, 3.8) is 0 Å². The zero-order chi connectivity index (χ0) is 18.3. The van der Waals surface area contributed by atoms with Crippen molar-refractivity contribution in [2.24, 2.45) is 5.73 Å². The summed E-state index contributed by atoms with van der Waals surface area (Å²) in [7, 11) is 0. The summed E-state index contributed by atoms with van der Waals surface area (Å²) < 4.78 is 1.81. The van der Waals surface area contributed by atoms with E-state index in [9.17, 15) is 4.79 Å². The van der Waals surface area contributed by atoms with Crippen molar-refractivity contribution in [1.82, 2.24) is 15.1 Å². The van der Waals surface area contributed by atoms with Crippen molar-refractivity contribution in [3.05, 3.63) is 45.2 Å². The zero-order valence-corrected chi connectivity index (χ0v) is 17.2. The van der Waals surface area contributed by atoms with Gasteiger partial charge in [0.05, 0.1) is 10.7 Å². The van der Waals surface area contributed by atoms with Gasteiger partial charge in [-0.1, -0.05) is 23.2 Å². The highest BCUT2D eigenvalue weighted by atomic mass is 35.5. The summed E-state index contributed by atoms with van der Waals surface area (Å²) in [4.78, 5) is 12.9. The summed E-state index contributed by atoms with van der Waals surface area (Å²) in [5.74, 6) is -0.0903. The van der Waals surface area contributed by atoms with E-state index in [0.717, 1.165) is 61.9 Å². The summed E-state index contributed by atoms with van der Waals surface area (Å²) in [5.41, 5.74) is 9.36. The van der Waals surface area contributed by atoms with E-state index in [0.29, 0.717) is 15.7 Å². The van der Waals surface area contributed by atoms with Gasteiger partial charge in [-0.25, -0.2) is 4.68 Å². The first-order valence-corrected chi connectivity index (χ1v) is 9.91. The maximum Gasteiger partial charge on any atom is 0.272 e. The normalized spacial score (nSPS) is 21.4. The molecule has 0 bridgehead atoms. The van der Waals surface area contributed by atoms with Crippen LogP contribution < -0.4 is 11.1 Å². The lowest BCUT2D eigenvalue weighted by Crippen LogP contribution is -2.40. The van der Waals surface area contributed by atoms with Gasteiger partial charge in [0.25, 0.3) is 5.91 Å². The quantitative estimate of drug-likeness (QED) is 0.772. The van der Waals surface area contributed by atoms with Crippen LogP contribution in [-0.2, 0) is 12.8 Å². The number of hydrogen-bond acceptors (Lipinski definition) is 3. The molecule has 1 heterocycles. The first-order chi connectivity index (χ1) is 12.5. The summed E-state index contributed by atoms with van der Waals surface area (Å²) in [6.07, 6.45) is 6.57. The first-order valence-electron chi connectivity index (χ1n) is 9.15. The Kier molecular flexibility index (Phi) is 6.36. The molecular weight excluding hydrogens is 407 g/mol. The Morgan fingerprint density at radius 1 is 1.19 bits per heavy atom. The minimum absolute atomic E-state index is 0. The average molecular weight is 430 g/mol. The predicted octanol–water partition coefficient (Wildman–Crippen LogP) is 4.09. The molecule has 3 N–H and O–H groups in total. The molecule has 8 heteroatoms. The summed E-state index contributed by atoms with van der Waals surface area (Å²) in [6.45, 7) is 0. The van der Waals surface area contributed by atoms with Crippen LogP contribution in [0.5, 0.6) is 0 Å². The Hall–Kier alpha value is -1.27. The highest BCUT2D eigenvalue weighted by Crippen LogP contribution is 2.31. The van der Waals surface area contributed by atoms with Crippen LogP contribution >= 0.6 is 35.6 Å². The van der Waals surface area contributed by atoms with Crippen LogP contribution in [0.3, 0.4) is 0 Å². The first kappa shape index (κ1) is 20.5. The molecule has 0 aliphatic heterocycles. The minimum Gasteiger partial charge on any atom is -0.348 e. The summed E-state index contributed by atoms with van der Waals surface area (Å²) >= 11 is 12.4. The Morgan fingerprint density at radius 3 is 2.63 bits per heavy atom. The van der Waals surface area contributed by atoms with E-state index in [1.54, 1.807) is 12.1 Å². The SMILES string of the molecule is Cl.NC1CCC(NC(=O)c2nn(-c3ccc(Cl)cc3Cl)c3c2CCC3)CC1. The van der Waals surface area contributed by atoms with Crippen LogP contribution in [0, 0.1) is 0 Å². The van der Waals surface area contributed by atoms with Gasteiger partial charge in [-0.05, 0) is 63.1 Å². The molecule has 1 aromatic heterocycles. The molecule has 5 nitrogen and oxygen atoms in total. The second-order valence-corrected chi connectivity index (χ2v) is 8.06. The van der Waals surface area contributed by atoms with E-state index < -0.39 is 0 Å². The van der Waals surface area contributed by atoms with Crippen molar-refractivity contribution in [1.29, 1.82) is 0 Å². The molecule has 4 rings (SSSR count). The van der Waals surface area contributed by atoms with Gasteiger partial charge in [0.1, 0.15) is 0 Å². The molecule has 0 unspecified atom stereocenters. The maximum absolute atomic E-state index is 12.9. The van der Waals surface area contributed by atoms with Crippen molar-refractivity contribution < 1.29 is 4.79 Å². The number of fused-ring (bicyclic) bond motifs is 1. The Labute approximate surface area is 175 Å². The van der Waals surface area contributed by atoms with Crippen LogP contribution in [0.2, 0.25) is 10.0 Å². The second kappa shape index (κ2) is 8.39. The Bertz CT molecular complexity index is 844. The van der Waals surface area contributed by atoms with Gasteiger partial charge in [-0.2, -0.15) is 5.10 Å². The lowest BCUT2D eigenvalue weighted by molar-refractivity contribution is 0.0919. The topological polar surface area (TPSA) is 72.9 Å². The number of benzene rings is 1. The molecule has 0 atom stereocenters. The summed E-state index contributed by atoms with van der Waals surface area (Å²) in [5, 5.41) is 8.89. The van der Waals surface area contributed by atoms with E-state index in [2.05, 4.69) is 10.4 Å². The van der Waals surface area contributed by atoms with Gasteiger partial charge in [0.2, 0.25) is 0 Å². The average Bonchev–Trinajstić information content (AvgIpc) is 3.20. The molecule has 2 aliphatic carbocycles. The van der Waals surface area contributed by atoms with Crippen LogP contribution in [0.15, 0.2) is 18.2 Å². The minimum atomic E-state index is -0.0903. The number of carbonyl (C=O) groups excluding carboxylic acids is 1. The molecule has 146 valence electrons. The molecule has 1 aromatic carbocycles. The number of aromatic nitrogens is 2. The van der Waals surface area contributed by atoms with Crippen molar-refractivity contribution in [3.8, 4) is 5.69 Å². The van der Waals surface area contributed by atoms with Crippen LogP contribution in [-0.4, -0.2) is 27.8 Å². The molecule has 0 spiro atoms. The number of nitrogens with one attached hydrogen (secondary N) is 1. The van der Waals surface area contributed by atoms with Gasteiger partial charge >= 0.3 is 0 Å². The second-order valence-electron chi connectivity index (χ2n) is 7.22. The fourth-order valence-electron chi connectivity index (χ4n) is 3.99. The Morgan fingerprint density at radius 2 is 1.93 bits per heavy atom. The van der Waals surface area contributed by atoms with E-state index in [1.807, 2.05) is 10.7 Å². The third-order valence-electron chi connectivity index (χ3n) is 5.39. The highest BCUT2D eigenvalue weighted by molar-refractivity contribution is 6.35. The molecule has 2 aliphatic rings. The smallest absolute Gasteiger partial charge is 0.272 e. The number of nitrogens with zero attached hydrogens (tertiary/aromatic N) is 2. The summed E-state index contributed by atoms with van der Waals surface area (Å²) in [6, 6.07) is 5.78. The lowest BCUT2D eigenvalue weighted by atomic mass is 9.92. The fraction of sp³-hybridized carbons (Fsp3) is 0.474. The van der Waals surface area contributed by atoms with Gasteiger partial charge in [-0.3, -0.25) is 4.79 Å². The Balaban J connectivity index is 0.00000210. The lowest BCUT2D eigenvalue weighted by Gasteiger charge is -2.26. The van der Waals surface area contributed by atoms with Crippen LogP contribution in [0.1, 0.15) is 53.8 Å². The molecule has 2 aromatic rings. The van der Waals surface area contributed by atoms with Gasteiger partial charge in [-0.15, -0.1) is 12.4 Å². The highest BCUT2D eigenvalue weighted by Gasteiger charge is 2.29. The number of nitrogens with two attached hydrogens (primary N) is 1. The maximum atomic E-state index is 12.9. The largest absolute Gasteiger partial charge is 0.348 e. The molecule has 0 saturated heterocycles. The van der Waals surface area contributed by atoms with Crippen molar-refractivity contribution in [2.75, 3.05) is 0 Å².